The summed E-state index contributed by atoms with van der Waals surface area (Å²) < 4.78 is 17.0. The summed E-state index contributed by atoms with van der Waals surface area (Å²) >= 11 is 25.5. The minimum atomic E-state index is -0.665. The van der Waals surface area contributed by atoms with E-state index >= 15 is 0 Å². The van der Waals surface area contributed by atoms with E-state index in [1.807, 2.05) is 109 Å². The summed E-state index contributed by atoms with van der Waals surface area (Å²) in [6.07, 6.45) is 17.1. The Morgan fingerprint density at radius 2 is 0.712 bits per heavy atom. The normalized spacial score (nSPS) is 15.0. The van der Waals surface area contributed by atoms with Gasteiger partial charge >= 0.3 is 0 Å². The molecule has 0 spiro atoms. The van der Waals surface area contributed by atoms with E-state index in [0.717, 1.165) is 125 Å². The van der Waals surface area contributed by atoms with Crippen molar-refractivity contribution in [1.82, 2.24) is 58.1 Å². The first-order valence-corrected chi connectivity index (χ1v) is 45.9. The van der Waals surface area contributed by atoms with Crippen LogP contribution in [0.2, 0.25) is 20.1 Å². The first-order chi connectivity index (χ1) is 63.0. The molecule has 8 aromatic heterocycles. The molecule has 32 nitrogen and oxygen atoms in total. The van der Waals surface area contributed by atoms with Crippen LogP contribution in [0.5, 0.6) is 11.5 Å². The summed E-state index contributed by atoms with van der Waals surface area (Å²) in [5.41, 5.74) is 5.36. The zero-order valence-corrected chi connectivity index (χ0v) is 79.3. The highest BCUT2D eigenvalue weighted by Gasteiger charge is 2.33. The number of carbonyl (C=O) groups excluding carboxylic acids is 4. The van der Waals surface area contributed by atoms with Crippen LogP contribution in [0.25, 0.3) is 43.6 Å². The third-order valence-electron chi connectivity index (χ3n) is 24.6. The minimum Gasteiger partial charge on any atom is -0.480 e. The summed E-state index contributed by atoms with van der Waals surface area (Å²) in [5.74, 6) is 6.01. The van der Waals surface area contributed by atoms with Gasteiger partial charge in [0.2, 0.25) is 23.8 Å². The number of ether oxygens (including phenoxy) is 2. The van der Waals surface area contributed by atoms with Gasteiger partial charge in [-0.25, -0.2) is 19.9 Å². The Bertz CT molecular complexity index is 6550. The van der Waals surface area contributed by atoms with Crippen molar-refractivity contribution in [2.45, 2.75) is 156 Å². The monoisotopic (exact) mass is 1880 g/mol. The maximum absolute atomic E-state index is 12.6. The Morgan fingerprint density at radius 3 is 1.02 bits per heavy atom. The third-order valence-corrected chi connectivity index (χ3v) is 25.7. The fourth-order valence-electron chi connectivity index (χ4n) is 16.2. The van der Waals surface area contributed by atoms with Gasteiger partial charge in [0, 0.05) is 149 Å². The molecule has 132 heavy (non-hydrogen) atoms. The summed E-state index contributed by atoms with van der Waals surface area (Å²) in [6.45, 7) is 20.3. The lowest BCUT2D eigenvalue weighted by molar-refractivity contribution is -0.119. The van der Waals surface area contributed by atoms with Crippen molar-refractivity contribution < 1.29 is 38.9 Å². The van der Waals surface area contributed by atoms with Crippen LogP contribution in [-0.4, -0.2) is 168 Å². The summed E-state index contributed by atoms with van der Waals surface area (Å²) in [5, 5.41) is 38.7. The molecule has 0 saturated carbocycles. The number of piperidine rings is 4. The molecule has 12 heterocycles. The Balaban J connectivity index is 0.000000150. The molecule has 12 aromatic rings. The Labute approximate surface area is 784 Å². The molecule has 6 N–H and O–H groups in total. The first-order valence-electron chi connectivity index (χ1n) is 44.4. The fraction of sp³-hybridized carbons (Fsp3) is 0.417. The molecule has 0 radical (unpaired) electrons. The zero-order valence-electron chi connectivity index (χ0n) is 76.3. The molecule has 0 amide bonds. The van der Waals surface area contributed by atoms with Crippen LogP contribution >= 0.6 is 46.4 Å². The number of aromatic nitrogens is 12. The molecule has 16 rings (SSSR count). The number of fused-ring (bicyclic) bond motifs is 4. The highest BCUT2D eigenvalue weighted by Crippen LogP contribution is 2.37. The zero-order chi connectivity index (χ0) is 94.6. The second-order valence-electron chi connectivity index (χ2n) is 34.8. The number of rotatable bonds is 26. The molecule has 4 aliphatic rings. The van der Waals surface area contributed by atoms with Gasteiger partial charge in [-0.2, -0.15) is 19.9 Å². The Morgan fingerprint density at radius 1 is 0.417 bits per heavy atom. The lowest BCUT2D eigenvalue weighted by atomic mass is 9.89. The van der Waals surface area contributed by atoms with Gasteiger partial charge in [0.05, 0.1) is 58.1 Å². The quantitative estimate of drug-likeness (QED) is 0.0293. The fourth-order valence-corrected chi connectivity index (χ4v) is 16.8. The predicted octanol–water partition coefficient (Wildman–Crippen LogP) is 15.8. The number of anilines is 12. The molecule has 696 valence electrons. The van der Waals surface area contributed by atoms with Crippen LogP contribution in [-0.2, 0) is 60.2 Å². The van der Waals surface area contributed by atoms with Crippen molar-refractivity contribution in [3.8, 4) is 11.5 Å². The molecule has 4 fully saturated rings. The number of hydrogen-bond donors (Lipinski definition) is 6. The number of hydrogen-bond acceptors (Lipinski definition) is 28. The van der Waals surface area contributed by atoms with E-state index in [9.17, 15) is 48.6 Å². The molecular formula is C96H112Cl4N20O12. The number of aliphatic hydroxyl groups is 2. The second kappa shape index (κ2) is 43.0. The van der Waals surface area contributed by atoms with Gasteiger partial charge in [-0.3, -0.25) is 28.8 Å². The molecule has 36 heteroatoms. The van der Waals surface area contributed by atoms with Crippen molar-refractivity contribution in [2.75, 3.05) is 106 Å². The van der Waals surface area contributed by atoms with Crippen molar-refractivity contribution >= 4 is 183 Å². The average molecular weight is 1880 g/mol. The van der Waals surface area contributed by atoms with Gasteiger partial charge in [-0.1, -0.05) is 73.6 Å². The van der Waals surface area contributed by atoms with Crippen LogP contribution in [0.4, 0.5) is 69.8 Å². The van der Waals surface area contributed by atoms with Crippen LogP contribution < -0.4 is 72.6 Å². The number of nitrogens with one attached hydrogen (secondary N) is 4. The number of aryl methyl sites for hydroxylation is 6. The lowest BCUT2D eigenvalue weighted by Crippen LogP contribution is -2.44. The van der Waals surface area contributed by atoms with Crippen molar-refractivity contribution in [2.24, 2.45) is 40.0 Å². The number of nitrogens with zero attached hydrogens (tertiary/aromatic N) is 16. The van der Waals surface area contributed by atoms with Crippen molar-refractivity contribution in [3.05, 3.63) is 194 Å². The van der Waals surface area contributed by atoms with Crippen LogP contribution in [0.3, 0.4) is 0 Å². The van der Waals surface area contributed by atoms with E-state index < -0.39 is 11.2 Å². The van der Waals surface area contributed by atoms with Crippen molar-refractivity contribution in [1.29, 1.82) is 0 Å². The minimum absolute atomic E-state index is 0.0694. The van der Waals surface area contributed by atoms with Gasteiger partial charge in [0.15, 0.2) is 46.3 Å². The van der Waals surface area contributed by atoms with Gasteiger partial charge in [-0.05, 0) is 214 Å². The predicted molar refractivity (Wildman–Crippen MR) is 523 cm³/mol. The SMILES string of the molecule is CC(=O)CCc1cc2cc(Nc3nc(N4CCC(C)CC4)ncc3Cl)ccc2n(C)c1=O.CC(=O)COc1cc2cc(Nc3nc(N4CCC(C)(O)CC4)ncc3Cl)ccc2n(C)c1=O.CCC1(O)CCN(c2ncc(Cl)c(Nc3ccc4c(c3)cc(OCC(C)=O)c(=O)n4C)n2)CC1.CCC1CCN(c2ncc(Cl)c(Nc3ccc4c(c3)cc(CCC(C)=O)c(=O)n4C)n2)CC1. The van der Waals surface area contributed by atoms with E-state index in [4.69, 9.17) is 60.9 Å². The van der Waals surface area contributed by atoms with Crippen LogP contribution in [0, 0.1) is 11.8 Å². The number of Topliss-reactive ketones (excluding diaryl/α,β-unsaturated/α-hetero) is 4. The van der Waals surface area contributed by atoms with Gasteiger partial charge in [0.1, 0.15) is 44.9 Å². The Hall–Kier alpha value is -12.2. The topological polar surface area (TPSA) is 379 Å². The maximum atomic E-state index is 12.6. The van der Waals surface area contributed by atoms with Gasteiger partial charge in [-0.15, -0.1) is 0 Å². The molecule has 0 bridgehead atoms. The molecule has 0 atom stereocenters. The molecule has 0 unspecified atom stereocenters. The van der Waals surface area contributed by atoms with Crippen molar-refractivity contribution in [3.63, 3.8) is 0 Å². The third kappa shape index (κ3) is 24.4. The van der Waals surface area contributed by atoms with Crippen LogP contribution in [0.15, 0.2) is 141 Å². The largest absolute Gasteiger partial charge is 0.480 e. The average Bonchev–Trinajstić information content (AvgIpc) is 0.792. The standard InChI is InChI=1S/C25H30ClN5O2.C24H28ClN5O4.C24H28ClN5O2.C23H26ClN5O4/c1-4-17-9-11-31(12-10-17)25-27-15-21(26)23(29-25)28-20-7-8-22-19(14-20)13-18(6-5-16(2)32)24(33)30(22)3;1-4-24(33)7-9-30(10-8-24)23-26-13-18(25)21(28-23)27-17-5-6-19-16(11-17)12-20(22(32)29(19)3)34-14-15(2)31;1-15-8-10-30(11-9-15)24-26-14-20(25)22(28-24)27-19-6-7-21-18(13-19)12-17(5-4-16(2)31)23(32)29(21)3;1-14(30)13-33-19-11-15-10-16(4-5-18(15)28(3)21(19)31)26-20-17(24)12-25-22(27-20)29-8-6-23(2,32)7-9-29/h7-8,13-15,17H,4-6,9-12H2,1-3H3,(H,27,28,29);5-6,11-13,33H,4,7-10,14H2,1-3H3,(H,26,27,28);6-7,12-15H,4-5,8-11H2,1-3H3,(H,26,27,28);4-5,10-12,32H,6-9,13H2,1-3H3,(H,25,26,27). The molecule has 4 aliphatic heterocycles. The summed E-state index contributed by atoms with van der Waals surface area (Å²) in [7, 11) is 6.82. The van der Waals surface area contributed by atoms with E-state index in [2.05, 4.69) is 79.8 Å². The summed E-state index contributed by atoms with van der Waals surface area (Å²) in [6, 6.07) is 29.5. The highest BCUT2D eigenvalue weighted by molar-refractivity contribution is 6.34. The maximum Gasteiger partial charge on any atom is 0.293 e. The first kappa shape index (κ1) is 97.3. The molecule has 0 aliphatic carbocycles. The van der Waals surface area contributed by atoms with E-state index in [1.54, 1.807) is 81.2 Å². The van der Waals surface area contributed by atoms with E-state index in [1.165, 1.54) is 36.3 Å². The molecular weight excluding hydrogens is 1770 g/mol. The van der Waals surface area contributed by atoms with E-state index in [0.29, 0.717) is 167 Å². The number of benzene rings is 4. The second-order valence-corrected chi connectivity index (χ2v) is 36.4. The molecule has 4 aromatic carbocycles. The molecule has 4 saturated heterocycles. The number of pyridine rings is 4. The lowest BCUT2D eigenvalue weighted by Gasteiger charge is -2.37. The van der Waals surface area contributed by atoms with Crippen LogP contribution in [0.1, 0.15) is 144 Å². The highest BCUT2D eigenvalue weighted by atomic mass is 35.5. The van der Waals surface area contributed by atoms with E-state index in [-0.39, 0.29) is 70.1 Å². The Kier molecular flexibility index (Phi) is 31.7. The number of ketones is 4. The number of halogens is 4. The summed E-state index contributed by atoms with van der Waals surface area (Å²) in [4.78, 5) is 140. The van der Waals surface area contributed by atoms with Gasteiger partial charge < -0.3 is 88.4 Å². The number of carbonyl (C=O) groups is 4. The van der Waals surface area contributed by atoms with Gasteiger partial charge in [0.25, 0.3) is 22.2 Å². The smallest absolute Gasteiger partial charge is 0.293 e.